The van der Waals surface area contributed by atoms with E-state index in [2.05, 4.69) is 19.1 Å². The van der Waals surface area contributed by atoms with Crippen molar-refractivity contribution >= 4 is 17.7 Å². The zero-order valence-electron chi connectivity index (χ0n) is 13.9. The van der Waals surface area contributed by atoms with Crippen LogP contribution in [-0.2, 0) is 11.2 Å². The van der Waals surface area contributed by atoms with Crippen LogP contribution in [0.1, 0.15) is 24.5 Å². The number of hydrogen-bond donors (Lipinski definition) is 1. The van der Waals surface area contributed by atoms with Crippen LogP contribution in [0.4, 0.5) is 5.69 Å². The molecule has 4 nitrogen and oxygen atoms in total. The molecule has 1 heterocycles. The van der Waals surface area contributed by atoms with Crippen molar-refractivity contribution in [2.24, 2.45) is 5.73 Å². The predicted octanol–water partition coefficient (Wildman–Crippen LogP) is 3.36. The number of hydrogen-bond acceptors (Lipinski definition) is 3. The summed E-state index contributed by atoms with van der Waals surface area (Å²) in [4.78, 5) is 14.6. The highest BCUT2D eigenvalue weighted by Gasteiger charge is 2.29. The zero-order valence-corrected chi connectivity index (χ0v) is 13.9. The van der Waals surface area contributed by atoms with Gasteiger partial charge in [0.25, 0.3) is 5.91 Å². The van der Waals surface area contributed by atoms with E-state index in [9.17, 15) is 4.79 Å². The van der Waals surface area contributed by atoms with Crippen LogP contribution < -0.4 is 15.4 Å². The minimum atomic E-state index is -0.123. The summed E-state index contributed by atoms with van der Waals surface area (Å²) >= 11 is 0. The first-order valence-electron chi connectivity index (χ1n) is 8.32. The Morgan fingerprint density at radius 2 is 1.88 bits per heavy atom. The van der Waals surface area contributed by atoms with E-state index in [1.807, 2.05) is 36.4 Å². The quantitative estimate of drug-likeness (QED) is 0.859. The molecule has 0 atom stereocenters. The fourth-order valence-corrected chi connectivity index (χ4v) is 2.73. The molecule has 4 heteroatoms. The number of benzene rings is 2. The topological polar surface area (TPSA) is 55.6 Å². The second-order valence-corrected chi connectivity index (χ2v) is 5.77. The van der Waals surface area contributed by atoms with Gasteiger partial charge in [-0.3, -0.25) is 4.79 Å². The largest absolute Gasteiger partial charge is 0.449 e. The highest BCUT2D eigenvalue weighted by molar-refractivity contribution is 6.09. The molecule has 1 aliphatic heterocycles. The normalized spacial score (nSPS) is 15.3. The number of rotatable bonds is 5. The minimum Gasteiger partial charge on any atom is -0.449 e. The molecule has 0 bridgehead atoms. The van der Waals surface area contributed by atoms with Gasteiger partial charge in [-0.25, -0.2) is 0 Å². The molecule has 1 aliphatic rings. The summed E-state index contributed by atoms with van der Waals surface area (Å²) in [5, 5.41) is 0. The van der Waals surface area contributed by atoms with E-state index in [0.29, 0.717) is 24.6 Å². The van der Waals surface area contributed by atoms with Crippen LogP contribution >= 0.6 is 0 Å². The molecular formula is C20H22N2O2. The average molecular weight is 322 g/mol. The molecule has 0 radical (unpaired) electrons. The number of nitrogens with zero attached hydrogens (tertiary/aromatic N) is 1. The molecular weight excluding hydrogens is 300 g/mol. The Labute approximate surface area is 142 Å². The fraction of sp³-hybridized carbons (Fsp3) is 0.250. The molecule has 0 unspecified atom stereocenters. The maximum Gasteiger partial charge on any atom is 0.294 e. The molecule has 1 amide bonds. The van der Waals surface area contributed by atoms with Gasteiger partial charge in [0.1, 0.15) is 0 Å². The predicted molar refractivity (Wildman–Crippen MR) is 96.9 cm³/mol. The first-order valence-corrected chi connectivity index (χ1v) is 8.32. The summed E-state index contributed by atoms with van der Waals surface area (Å²) in [5.74, 6) is 0.919. The van der Waals surface area contributed by atoms with Crippen molar-refractivity contribution in [3.05, 3.63) is 65.4 Å². The van der Waals surface area contributed by atoms with Crippen LogP contribution in [0.3, 0.4) is 0 Å². The van der Waals surface area contributed by atoms with Crippen LogP contribution in [0.25, 0.3) is 6.08 Å². The molecule has 0 spiro atoms. The van der Waals surface area contributed by atoms with Gasteiger partial charge in [-0.15, -0.1) is 0 Å². The molecule has 0 aliphatic carbocycles. The number of ether oxygens (including phenoxy) is 1. The molecule has 0 saturated carbocycles. The summed E-state index contributed by atoms with van der Waals surface area (Å²) in [7, 11) is 0. The number of amides is 1. The fourth-order valence-electron chi connectivity index (χ4n) is 2.73. The van der Waals surface area contributed by atoms with E-state index in [4.69, 9.17) is 10.5 Å². The van der Waals surface area contributed by atoms with Gasteiger partial charge in [0.15, 0.2) is 11.5 Å². The van der Waals surface area contributed by atoms with Gasteiger partial charge in [-0.05, 0) is 48.7 Å². The summed E-state index contributed by atoms with van der Waals surface area (Å²) in [6, 6.07) is 15.7. The van der Waals surface area contributed by atoms with E-state index in [1.165, 1.54) is 5.56 Å². The summed E-state index contributed by atoms with van der Waals surface area (Å²) in [6.45, 7) is 3.25. The first-order chi connectivity index (χ1) is 11.7. The van der Waals surface area contributed by atoms with E-state index >= 15 is 0 Å². The van der Waals surface area contributed by atoms with Crippen LogP contribution in [0.5, 0.6) is 5.75 Å². The molecule has 2 aromatic rings. The third-order valence-electron chi connectivity index (χ3n) is 4.10. The van der Waals surface area contributed by atoms with Crippen LogP contribution in [0.2, 0.25) is 0 Å². The van der Waals surface area contributed by atoms with E-state index < -0.39 is 0 Å². The van der Waals surface area contributed by atoms with Crippen LogP contribution in [0.15, 0.2) is 54.3 Å². The summed E-state index contributed by atoms with van der Waals surface area (Å²) in [6.07, 6.45) is 3.54. The number of carbonyl (C=O) groups excluding carboxylic acids is 1. The number of aryl methyl sites for hydroxylation is 1. The van der Waals surface area contributed by atoms with Gasteiger partial charge >= 0.3 is 0 Å². The molecule has 2 aromatic carbocycles. The SMILES string of the molecule is CCc1ccc(/C=C2/Oc3ccccc3N(CCCN)C2=O)cc1. The van der Waals surface area contributed by atoms with Crippen molar-refractivity contribution in [2.45, 2.75) is 19.8 Å². The highest BCUT2D eigenvalue weighted by atomic mass is 16.5. The third-order valence-corrected chi connectivity index (χ3v) is 4.10. The van der Waals surface area contributed by atoms with Gasteiger partial charge in [-0.2, -0.15) is 0 Å². The monoisotopic (exact) mass is 322 g/mol. The third kappa shape index (κ3) is 3.34. The molecule has 24 heavy (non-hydrogen) atoms. The lowest BCUT2D eigenvalue weighted by Gasteiger charge is -2.30. The Morgan fingerprint density at radius 1 is 1.12 bits per heavy atom. The van der Waals surface area contributed by atoms with Crippen molar-refractivity contribution in [1.29, 1.82) is 0 Å². The molecule has 0 saturated heterocycles. The molecule has 124 valence electrons. The lowest BCUT2D eigenvalue weighted by Crippen LogP contribution is -2.38. The standard InChI is InChI=1S/C20H22N2O2/c1-2-15-8-10-16(11-9-15)14-19-20(23)22(13-5-12-21)17-6-3-4-7-18(17)24-19/h3-4,6-11,14H,2,5,12-13,21H2,1H3/b19-14+. The van der Waals surface area contributed by atoms with Crippen LogP contribution in [0, 0.1) is 0 Å². The molecule has 0 aromatic heterocycles. The van der Waals surface area contributed by atoms with Gasteiger partial charge in [0, 0.05) is 6.54 Å². The summed E-state index contributed by atoms with van der Waals surface area (Å²) in [5.41, 5.74) is 8.63. The number of para-hydroxylation sites is 2. The second kappa shape index (κ2) is 7.32. The van der Waals surface area contributed by atoms with E-state index in [-0.39, 0.29) is 5.91 Å². The Kier molecular flexibility index (Phi) is 4.96. The van der Waals surface area contributed by atoms with Crippen molar-refractivity contribution in [3.63, 3.8) is 0 Å². The average Bonchev–Trinajstić information content (AvgIpc) is 2.62. The highest BCUT2D eigenvalue weighted by Crippen LogP contribution is 2.35. The smallest absolute Gasteiger partial charge is 0.294 e. The van der Waals surface area contributed by atoms with Crippen molar-refractivity contribution in [3.8, 4) is 5.75 Å². The van der Waals surface area contributed by atoms with Crippen molar-refractivity contribution in [2.75, 3.05) is 18.0 Å². The van der Waals surface area contributed by atoms with Crippen LogP contribution in [-0.4, -0.2) is 19.0 Å². The van der Waals surface area contributed by atoms with Crippen molar-refractivity contribution in [1.82, 2.24) is 0 Å². The van der Waals surface area contributed by atoms with Crippen molar-refractivity contribution < 1.29 is 9.53 Å². The number of fused-ring (bicyclic) bond motifs is 1. The van der Waals surface area contributed by atoms with Gasteiger partial charge < -0.3 is 15.4 Å². The molecule has 2 N–H and O–H groups in total. The van der Waals surface area contributed by atoms with Gasteiger partial charge in [-0.1, -0.05) is 43.3 Å². The Balaban J connectivity index is 1.94. The minimum absolute atomic E-state index is 0.123. The Morgan fingerprint density at radius 3 is 2.58 bits per heavy atom. The number of nitrogens with two attached hydrogens (primary N) is 1. The lowest BCUT2D eigenvalue weighted by molar-refractivity contribution is -0.117. The molecule has 3 rings (SSSR count). The first kappa shape index (κ1) is 16.3. The maximum atomic E-state index is 12.8. The zero-order chi connectivity index (χ0) is 16.9. The maximum absolute atomic E-state index is 12.8. The Hall–Kier alpha value is -2.59. The second-order valence-electron chi connectivity index (χ2n) is 5.77. The number of anilines is 1. The number of carbonyl (C=O) groups is 1. The lowest BCUT2D eigenvalue weighted by atomic mass is 10.1. The molecule has 0 fully saturated rings. The van der Waals surface area contributed by atoms with Gasteiger partial charge in [0.05, 0.1) is 5.69 Å². The summed E-state index contributed by atoms with van der Waals surface area (Å²) < 4.78 is 5.85. The van der Waals surface area contributed by atoms with E-state index in [1.54, 1.807) is 11.0 Å². The van der Waals surface area contributed by atoms with E-state index in [0.717, 1.165) is 24.1 Å². The Bertz CT molecular complexity index is 750. The van der Waals surface area contributed by atoms with Gasteiger partial charge in [0.2, 0.25) is 0 Å².